The molecule has 0 amide bonds. The van der Waals surface area contributed by atoms with Gasteiger partial charge >= 0.3 is 0 Å². The zero-order valence-corrected chi connectivity index (χ0v) is 12.2. The first-order chi connectivity index (χ1) is 8.38. The fraction of sp³-hybridized carbons (Fsp3) is 1.00. The molecule has 104 valence electrons. The van der Waals surface area contributed by atoms with Crippen molar-refractivity contribution in [3.05, 3.63) is 0 Å². The summed E-state index contributed by atoms with van der Waals surface area (Å²) in [6, 6.07) is 0. The molecule has 2 aliphatic carbocycles. The molecule has 0 aromatic rings. The van der Waals surface area contributed by atoms with E-state index in [2.05, 4.69) is 34.6 Å². The Bertz CT molecular complexity index is 341. The third-order valence-corrected chi connectivity index (χ3v) is 4.54. The van der Waals surface area contributed by atoms with Gasteiger partial charge in [0.25, 0.3) is 0 Å². The predicted octanol–water partition coefficient (Wildman–Crippen LogP) is 2.92. The molecule has 3 fully saturated rings. The Morgan fingerprint density at radius 1 is 1.00 bits per heavy atom. The van der Waals surface area contributed by atoms with Gasteiger partial charge in [-0.25, -0.2) is 0 Å². The molecule has 3 heteroatoms. The van der Waals surface area contributed by atoms with Gasteiger partial charge < -0.3 is 14.2 Å². The van der Waals surface area contributed by atoms with Crippen molar-refractivity contribution < 1.29 is 14.2 Å². The summed E-state index contributed by atoms with van der Waals surface area (Å²) in [5.41, 5.74) is -0.112. The summed E-state index contributed by atoms with van der Waals surface area (Å²) in [5.74, 6) is 0.649. The van der Waals surface area contributed by atoms with Gasteiger partial charge in [0.2, 0.25) is 0 Å². The molecule has 0 aromatic heterocycles. The van der Waals surface area contributed by atoms with Crippen LogP contribution in [0.2, 0.25) is 0 Å². The average molecular weight is 254 g/mol. The molecular formula is C15H26O3. The number of fused-ring (bicyclic) bond motifs is 3. The Morgan fingerprint density at radius 2 is 1.67 bits per heavy atom. The van der Waals surface area contributed by atoms with Crippen molar-refractivity contribution in [3.63, 3.8) is 0 Å². The fourth-order valence-electron chi connectivity index (χ4n) is 4.33. The van der Waals surface area contributed by atoms with Gasteiger partial charge in [0, 0.05) is 6.42 Å². The van der Waals surface area contributed by atoms with E-state index in [0.29, 0.717) is 12.0 Å². The van der Waals surface area contributed by atoms with Crippen molar-refractivity contribution >= 4 is 0 Å². The quantitative estimate of drug-likeness (QED) is 0.772. The van der Waals surface area contributed by atoms with E-state index in [-0.39, 0.29) is 29.5 Å². The van der Waals surface area contributed by atoms with E-state index in [4.69, 9.17) is 14.2 Å². The van der Waals surface area contributed by atoms with E-state index >= 15 is 0 Å². The van der Waals surface area contributed by atoms with Crippen LogP contribution in [-0.2, 0) is 14.2 Å². The van der Waals surface area contributed by atoms with E-state index in [1.165, 1.54) is 0 Å². The van der Waals surface area contributed by atoms with Gasteiger partial charge in [-0.1, -0.05) is 0 Å². The Hall–Kier alpha value is -0.120. The molecule has 0 bridgehead atoms. The standard InChI is InChI=1S/C15H26O3/c1-9(2)17-14-6-11(5)16-13(14)15(18-10(3)4)8-12(15)7-14/h9-13H,6-8H2,1-5H3/t11-,12+,13-,14+,15+/m0/s1. The van der Waals surface area contributed by atoms with Gasteiger partial charge in [-0.15, -0.1) is 0 Å². The number of hydrogen-bond acceptors (Lipinski definition) is 3. The normalized spacial score (nSPS) is 49.8. The van der Waals surface area contributed by atoms with Crippen molar-refractivity contribution in [2.24, 2.45) is 5.92 Å². The zero-order chi connectivity index (χ0) is 13.1. The third kappa shape index (κ3) is 1.75. The van der Waals surface area contributed by atoms with Crippen LogP contribution >= 0.6 is 0 Å². The third-order valence-electron chi connectivity index (χ3n) is 4.54. The van der Waals surface area contributed by atoms with Crippen LogP contribution in [0.5, 0.6) is 0 Å². The Balaban J connectivity index is 1.84. The lowest BCUT2D eigenvalue weighted by Crippen LogP contribution is -2.47. The lowest BCUT2D eigenvalue weighted by atomic mass is 9.90. The molecule has 0 radical (unpaired) electrons. The second-order valence-electron chi connectivity index (χ2n) is 6.99. The molecule has 1 heterocycles. The highest BCUT2D eigenvalue weighted by Gasteiger charge is 2.77. The minimum absolute atomic E-state index is 0.0339. The van der Waals surface area contributed by atoms with Crippen molar-refractivity contribution in [2.45, 2.75) is 89.5 Å². The minimum atomic E-state index is -0.0780. The van der Waals surface area contributed by atoms with Crippen LogP contribution in [0.4, 0.5) is 0 Å². The Morgan fingerprint density at radius 3 is 2.28 bits per heavy atom. The molecule has 2 saturated carbocycles. The van der Waals surface area contributed by atoms with E-state index in [1.54, 1.807) is 0 Å². The summed E-state index contributed by atoms with van der Waals surface area (Å²) in [5, 5.41) is 0. The summed E-state index contributed by atoms with van der Waals surface area (Å²) >= 11 is 0. The van der Waals surface area contributed by atoms with Crippen LogP contribution in [0.15, 0.2) is 0 Å². The summed E-state index contributed by atoms with van der Waals surface area (Å²) in [6.45, 7) is 10.6. The highest BCUT2D eigenvalue weighted by Crippen LogP contribution is 2.67. The van der Waals surface area contributed by atoms with Gasteiger partial charge in [-0.05, 0) is 53.4 Å². The van der Waals surface area contributed by atoms with E-state index in [1.807, 2.05) is 0 Å². The highest BCUT2D eigenvalue weighted by molar-refractivity contribution is 5.27. The smallest absolute Gasteiger partial charge is 0.116 e. The predicted molar refractivity (Wildman–Crippen MR) is 69.6 cm³/mol. The maximum atomic E-state index is 6.30. The molecule has 3 rings (SSSR count). The molecule has 0 unspecified atom stereocenters. The molecule has 1 aliphatic heterocycles. The van der Waals surface area contributed by atoms with Crippen molar-refractivity contribution in [2.75, 3.05) is 0 Å². The molecule has 3 aliphatic rings. The first-order valence-corrected chi connectivity index (χ1v) is 7.39. The second-order valence-corrected chi connectivity index (χ2v) is 6.99. The highest BCUT2D eigenvalue weighted by atomic mass is 16.6. The van der Waals surface area contributed by atoms with Crippen LogP contribution in [0.25, 0.3) is 0 Å². The molecule has 5 atom stereocenters. The van der Waals surface area contributed by atoms with Crippen LogP contribution < -0.4 is 0 Å². The van der Waals surface area contributed by atoms with Gasteiger partial charge in [-0.2, -0.15) is 0 Å². The second kappa shape index (κ2) is 3.94. The van der Waals surface area contributed by atoms with Gasteiger partial charge in [-0.3, -0.25) is 0 Å². The van der Waals surface area contributed by atoms with Crippen LogP contribution in [0.1, 0.15) is 53.9 Å². The van der Waals surface area contributed by atoms with Crippen molar-refractivity contribution in [3.8, 4) is 0 Å². The van der Waals surface area contributed by atoms with Crippen molar-refractivity contribution in [1.82, 2.24) is 0 Å². The number of ether oxygens (including phenoxy) is 3. The maximum absolute atomic E-state index is 6.30. The lowest BCUT2D eigenvalue weighted by molar-refractivity contribution is -0.161. The van der Waals surface area contributed by atoms with Crippen LogP contribution in [-0.4, -0.2) is 35.6 Å². The summed E-state index contributed by atoms with van der Waals surface area (Å²) in [6.07, 6.45) is 4.27. The fourth-order valence-corrected chi connectivity index (χ4v) is 4.33. The number of hydrogen-bond donors (Lipinski definition) is 0. The van der Waals surface area contributed by atoms with Crippen LogP contribution in [0.3, 0.4) is 0 Å². The number of rotatable bonds is 4. The van der Waals surface area contributed by atoms with Gasteiger partial charge in [0.15, 0.2) is 0 Å². The van der Waals surface area contributed by atoms with Crippen LogP contribution in [0, 0.1) is 5.92 Å². The maximum Gasteiger partial charge on any atom is 0.116 e. The zero-order valence-electron chi connectivity index (χ0n) is 12.2. The topological polar surface area (TPSA) is 27.7 Å². The largest absolute Gasteiger partial charge is 0.369 e. The van der Waals surface area contributed by atoms with E-state index < -0.39 is 0 Å². The van der Waals surface area contributed by atoms with E-state index in [0.717, 1.165) is 19.3 Å². The average Bonchev–Trinajstić information content (AvgIpc) is 2.63. The first-order valence-electron chi connectivity index (χ1n) is 7.39. The molecule has 3 nitrogen and oxygen atoms in total. The van der Waals surface area contributed by atoms with Gasteiger partial charge in [0.05, 0.1) is 18.3 Å². The molecule has 0 N–H and O–H groups in total. The Labute approximate surface area is 110 Å². The summed E-state index contributed by atoms with van der Waals surface area (Å²) in [4.78, 5) is 0. The summed E-state index contributed by atoms with van der Waals surface area (Å²) in [7, 11) is 0. The molecule has 0 aromatic carbocycles. The monoisotopic (exact) mass is 254 g/mol. The molecule has 18 heavy (non-hydrogen) atoms. The minimum Gasteiger partial charge on any atom is -0.369 e. The molecule has 0 spiro atoms. The van der Waals surface area contributed by atoms with Gasteiger partial charge in [0.1, 0.15) is 17.3 Å². The first kappa shape index (κ1) is 12.9. The lowest BCUT2D eigenvalue weighted by Gasteiger charge is -2.35. The SMILES string of the molecule is CC(C)O[C@]12C[C@@H]3C[C@]3(OC(C)C)[C@H]1O[C@@H](C)C2. The van der Waals surface area contributed by atoms with Crippen molar-refractivity contribution in [1.29, 1.82) is 0 Å². The Kier molecular flexibility index (Phi) is 2.82. The molecular weight excluding hydrogens is 228 g/mol. The van der Waals surface area contributed by atoms with E-state index in [9.17, 15) is 0 Å². The molecule has 1 saturated heterocycles. The summed E-state index contributed by atoms with van der Waals surface area (Å²) < 4.78 is 18.7.